The summed E-state index contributed by atoms with van der Waals surface area (Å²) in [6, 6.07) is 0.943. The Morgan fingerprint density at radius 1 is 1.20 bits per heavy atom. The zero-order valence-corrected chi connectivity index (χ0v) is 25.4. The van der Waals surface area contributed by atoms with Crippen molar-refractivity contribution in [3.8, 4) is 0 Å². The fourth-order valence-electron chi connectivity index (χ4n) is 7.59. The topological polar surface area (TPSA) is 107 Å². The van der Waals surface area contributed by atoms with Crippen molar-refractivity contribution >= 4 is 17.5 Å². The van der Waals surface area contributed by atoms with Gasteiger partial charge < -0.3 is 24.8 Å². The third kappa shape index (κ3) is 8.53. The number of aliphatic hydroxyl groups is 1. The summed E-state index contributed by atoms with van der Waals surface area (Å²) < 4.78 is 11.8. The van der Waals surface area contributed by atoms with E-state index in [9.17, 15) is 9.90 Å². The van der Waals surface area contributed by atoms with Gasteiger partial charge in [-0.2, -0.15) is 0 Å². The Kier molecular flexibility index (Phi) is 11.4. The van der Waals surface area contributed by atoms with E-state index in [2.05, 4.69) is 40.0 Å². The second-order valence-corrected chi connectivity index (χ2v) is 14.2. The number of likely N-dealkylation sites (tertiary alicyclic amines) is 1. The Bertz CT molecular complexity index is 798. The number of hydrogen-bond donors (Lipinski definition) is 5. The number of aliphatic hydroxyl groups excluding tert-OH is 1. The van der Waals surface area contributed by atoms with Crippen LogP contribution in [0.15, 0.2) is 0 Å². The number of hydrogen-bond acceptors (Lipinski definition) is 8. The van der Waals surface area contributed by atoms with Crippen molar-refractivity contribution in [3.05, 3.63) is 0 Å². The lowest BCUT2D eigenvalue weighted by atomic mass is 9.73. The maximum Gasteiger partial charge on any atom is 0.223 e. The van der Waals surface area contributed by atoms with Crippen molar-refractivity contribution in [2.45, 2.75) is 114 Å². The van der Waals surface area contributed by atoms with Gasteiger partial charge in [-0.05, 0) is 75.7 Å². The van der Waals surface area contributed by atoms with Crippen LogP contribution in [-0.4, -0.2) is 104 Å². The lowest BCUT2D eigenvalue weighted by Crippen LogP contribution is -2.58. The highest BCUT2D eigenvalue weighted by Gasteiger charge is 2.42. The van der Waals surface area contributed by atoms with Gasteiger partial charge in [0, 0.05) is 44.2 Å². The number of rotatable bonds is 12. The predicted molar refractivity (Wildman–Crippen MR) is 157 cm³/mol. The summed E-state index contributed by atoms with van der Waals surface area (Å²) in [4.78, 5) is 15.6. The SMILES string of the molecule is CC(C)CC1CC(C(=O)NC[C@H](O)CN2CCC3C(CCC(OCC4CNCO4)C3Cl)C2)CC(NC2CCC2)N1. The van der Waals surface area contributed by atoms with Crippen LogP contribution in [0, 0.1) is 23.7 Å². The molecule has 230 valence electrons. The van der Waals surface area contributed by atoms with E-state index in [0.717, 1.165) is 58.2 Å². The predicted octanol–water partition coefficient (Wildman–Crippen LogP) is 2.02. The largest absolute Gasteiger partial charge is 0.390 e. The van der Waals surface area contributed by atoms with E-state index in [4.69, 9.17) is 21.1 Å². The molecule has 0 aromatic rings. The number of halogens is 1. The van der Waals surface area contributed by atoms with Crippen molar-refractivity contribution < 1.29 is 19.4 Å². The first-order valence-corrected chi connectivity index (χ1v) is 16.6. The highest BCUT2D eigenvalue weighted by atomic mass is 35.5. The minimum atomic E-state index is -0.566. The molecule has 3 heterocycles. The van der Waals surface area contributed by atoms with Gasteiger partial charge in [0.05, 0.1) is 43.2 Å². The van der Waals surface area contributed by atoms with Crippen LogP contribution in [0.25, 0.3) is 0 Å². The molecule has 9 atom stereocenters. The van der Waals surface area contributed by atoms with Crippen LogP contribution in [0.1, 0.15) is 71.6 Å². The molecule has 5 N–H and O–H groups in total. The maximum absolute atomic E-state index is 13.2. The van der Waals surface area contributed by atoms with Gasteiger partial charge in [0.15, 0.2) is 0 Å². The van der Waals surface area contributed by atoms with Gasteiger partial charge in [0.25, 0.3) is 0 Å². The molecular weight excluding hydrogens is 530 g/mol. The number of fused-ring (bicyclic) bond motifs is 1. The number of carbonyl (C=O) groups excluding carboxylic acids is 1. The van der Waals surface area contributed by atoms with E-state index >= 15 is 0 Å². The number of nitrogens with zero attached hydrogens (tertiary/aromatic N) is 1. The van der Waals surface area contributed by atoms with Crippen LogP contribution >= 0.6 is 11.6 Å². The lowest BCUT2D eigenvalue weighted by Gasteiger charge is -2.46. The Labute approximate surface area is 246 Å². The van der Waals surface area contributed by atoms with Crippen molar-refractivity contribution in [2.75, 3.05) is 46.1 Å². The molecule has 0 radical (unpaired) electrons. The summed E-state index contributed by atoms with van der Waals surface area (Å²) in [5.74, 6) is 1.66. The number of β-amino-alcohol motifs (C(OH)–C–C–N with tert-alkyl or cyclic N) is 1. The molecule has 9 nitrogen and oxygen atoms in total. The molecule has 2 saturated carbocycles. The van der Waals surface area contributed by atoms with Crippen LogP contribution < -0.4 is 21.3 Å². The molecule has 1 amide bonds. The number of nitrogens with one attached hydrogen (secondary N) is 4. The molecule has 8 unspecified atom stereocenters. The van der Waals surface area contributed by atoms with Crippen molar-refractivity contribution in [2.24, 2.45) is 23.7 Å². The fourth-order valence-corrected chi connectivity index (χ4v) is 8.12. The highest BCUT2D eigenvalue weighted by Crippen LogP contribution is 2.40. The number of amides is 1. The summed E-state index contributed by atoms with van der Waals surface area (Å²) in [6.07, 6.45) is 9.51. The van der Waals surface area contributed by atoms with Crippen LogP contribution in [-0.2, 0) is 14.3 Å². The second kappa shape index (κ2) is 14.8. The molecule has 5 aliphatic rings. The van der Waals surface area contributed by atoms with Gasteiger partial charge in [-0.15, -0.1) is 11.6 Å². The van der Waals surface area contributed by atoms with Crippen LogP contribution in [0.3, 0.4) is 0 Å². The summed E-state index contributed by atoms with van der Waals surface area (Å²) in [6.45, 7) is 9.35. The van der Waals surface area contributed by atoms with E-state index in [-0.39, 0.29) is 35.6 Å². The Morgan fingerprint density at radius 3 is 2.77 bits per heavy atom. The molecule has 0 aromatic carbocycles. The summed E-state index contributed by atoms with van der Waals surface area (Å²) in [5, 5.41) is 24.7. The average molecular weight is 584 g/mol. The minimum absolute atomic E-state index is 0.0138. The smallest absolute Gasteiger partial charge is 0.223 e. The summed E-state index contributed by atoms with van der Waals surface area (Å²) in [5.41, 5.74) is 0. The van der Waals surface area contributed by atoms with Crippen LogP contribution in [0.4, 0.5) is 0 Å². The summed E-state index contributed by atoms with van der Waals surface area (Å²) in [7, 11) is 0. The first kappa shape index (κ1) is 30.9. The van der Waals surface area contributed by atoms with Crippen molar-refractivity contribution in [3.63, 3.8) is 0 Å². The van der Waals surface area contributed by atoms with Crippen molar-refractivity contribution in [1.82, 2.24) is 26.2 Å². The van der Waals surface area contributed by atoms with Crippen LogP contribution in [0.5, 0.6) is 0 Å². The van der Waals surface area contributed by atoms with E-state index in [1.54, 1.807) is 0 Å². The van der Waals surface area contributed by atoms with E-state index in [1.807, 2.05) is 0 Å². The molecular formula is C30H54ClN5O4. The van der Waals surface area contributed by atoms with Gasteiger partial charge in [0.2, 0.25) is 5.91 Å². The second-order valence-electron chi connectivity index (χ2n) is 13.7. The van der Waals surface area contributed by atoms with Gasteiger partial charge >= 0.3 is 0 Å². The standard InChI is InChI=1S/C30H54ClN5O4/c1-19(2)10-23-11-21(12-28(35-23)34-22-4-3-5-22)30(38)33-13-24(37)16-36-9-8-26-20(15-36)6-7-27(29(26)31)39-17-25-14-32-18-40-25/h19-29,32,34-35,37H,3-18H2,1-2H3,(H,33,38)/t20?,21?,23?,24-,25?,26?,27?,28?,29?/m0/s1. The Hall–Kier alpha value is -0.520. The first-order chi connectivity index (χ1) is 19.3. The third-order valence-corrected chi connectivity index (χ3v) is 10.5. The molecule has 5 rings (SSSR count). The first-order valence-electron chi connectivity index (χ1n) is 16.1. The molecule has 0 aromatic heterocycles. The molecule has 0 spiro atoms. The molecule has 3 aliphatic heterocycles. The monoisotopic (exact) mass is 583 g/mol. The zero-order valence-electron chi connectivity index (χ0n) is 24.7. The quantitative estimate of drug-likeness (QED) is 0.222. The minimum Gasteiger partial charge on any atom is -0.390 e. The van der Waals surface area contributed by atoms with E-state index in [1.165, 1.54) is 19.3 Å². The number of alkyl halides is 1. The number of piperidine rings is 2. The number of carbonyl (C=O) groups is 1. The zero-order chi connectivity index (χ0) is 28.1. The van der Waals surface area contributed by atoms with Gasteiger partial charge in [-0.3, -0.25) is 20.7 Å². The molecule has 0 bridgehead atoms. The molecule has 40 heavy (non-hydrogen) atoms. The van der Waals surface area contributed by atoms with Crippen molar-refractivity contribution in [1.29, 1.82) is 0 Å². The lowest BCUT2D eigenvalue weighted by molar-refractivity contribution is -0.127. The van der Waals surface area contributed by atoms with Gasteiger partial charge in [-0.25, -0.2) is 0 Å². The van der Waals surface area contributed by atoms with Gasteiger partial charge in [0.1, 0.15) is 0 Å². The highest BCUT2D eigenvalue weighted by molar-refractivity contribution is 6.21. The normalized spacial score (nSPS) is 38.1. The maximum atomic E-state index is 13.2. The average Bonchev–Trinajstić information content (AvgIpc) is 3.42. The molecule has 3 saturated heterocycles. The molecule has 2 aliphatic carbocycles. The number of ether oxygens (including phenoxy) is 2. The third-order valence-electron chi connectivity index (χ3n) is 9.93. The van der Waals surface area contributed by atoms with Gasteiger partial charge in [-0.1, -0.05) is 20.3 Å². The summed E-state index contributed by atoms with van der Waals surface area (Å²) >= 11 is 6.94. The fraction of sp³-hybridized carbons (Fsp3) is 0.967. The van der Waals surface area contributed by atoms with E-state index in [0.29, 0.717) is 56.3 Å². The molecule has 5 fully saturated rings. The van der Waals surface area contributed by atoms with E-state index < -0.39 is 6.10 Å². The Balaban J connectivity index is 1.03. The molecule has 10 heteroatoms. The Morgan fingerprint density at radius 2 is 2.05 bits per heavy atom. The van der Waals surface area contributed by atoms with Crippen LogP contribution in [0.2, 0.25) is 0 Å².